The molecule has 1 aliphatic heterocycles. The van der Waals surface area contributed by atoms with E-state index in [1.165, 1.54) is 22.7 Å². The van der Waals surface area contributed by atoms with E-state index in [9.17, 15) is 9.59 Å². The largest absolute Gasteiger partial charge is 0.480 e. The van der Waals surface area contributed by atoms with Crippen LogP contribution < -0.4 is 0 Å². The molecule has 0 aromatic carbocycles. The highest BCUT2D eigenvalue weighted by Gasteiger charge is 2.40. The Morgan fingerprint density at radius 2 is 2.28 bits per heavy atom. The van der Waals surface area contributed by atoms with Crippen molar-refractivity contribution in [3.05, 3.63) is 29.0 Å². The Morgan fingerprint density at radius 1 is 1.56 bits per heavy atom. The van der Waals surface area contributed by atoms with Gasteiger partial charge in [-0.3, -0.25) is 4.79 Å². The number of thioether (sulfide) groups is 1. The van der Waals surface area contributed by atoms with E-state index in [-0.39, 0.29) is 16.2 Å². The number of hydrogen-bond acceptors (Lipinski definition) is 4. The van der Waals surface area contributed by atoms with Crippen LogP contribution in [-0.4, -0.2) is 44.0 Å². The summed E-state index contributed by atoms with van der Waals surface area (Å²) in [5, 5.41) is 9.13. The number of hydrogen-bond donors (Lipinski definition) is 1. The molecule has 0 bridgehead atoms. The van der Waals surface area contributed by atoms with Crippen molar-refractivity contribution < 1.29 is 14.7 Å². The van der Waals surface area contributed by atoms with Crippen molar-refractivity contribution >= 4 is 35.2 Å². The van der Waals surface area contributed by atoms with Crippen LogP contribution in [0.15, 0.2) is 18.2 Å². The van der Waals surface area contributed by atoms with E-state index < -0.39 is 17.9 Å². The second kappa shape index (κ2) is 5.16. The minimum atomic E-state index is -0.998. The van der Waals surface area contributed by atoms with Crippen LogP contribution >= 0.6 is 23.4 Å². The highest BCUT2D eigenvalue weighted by Crippen LogP contribution is 2.30. The smallest absolute Gasteiger partial charge is 0.327 e. The molecule has 7 heteroatoms. The predicted molar refractivity (Wildman–Crippen MR) is 68.8 cm³/mol. The quantitative estimate of drug-likeness (QED) is 0.838. The molecule has 5 nitrogen and oxygen atoms in total. The zero-order valence-corrected chi connectivity index (χ0v) is 11.1. The molecular formula is C11H11ClN2O3S. The van der Waals surface area contributed by atoms with Gasteiger partial charge in [-0.15, -0.1) is 11.8 Å². The number of amides is 1. The van der Waals surface area contributed by atoms with Gasteiger partial charge < -0.3 is 10.0 Å². The first kappa shape index (κ1) is 13.2. The van der Waals surface area contributed by atoms with Gasteiger partial charge in [0.25, 0.3) is 5.91 Å². The molecule has 1 aromatic heterocycles. The van der Waals surface area contributed by atoms with E-state index in [4.69, 9.17) is 16.7 Å². The highest BCUT2D eigenvalue weighted by atomic mass is 35.5. The lowest BCUT2D eigenvalue weighted by atomic mass is 10.2. The maximum atomic E-state index is 12.3. The topological polar surface area (TPSA) is 70.5 Å². The summed E-state index contributed by atoms with van der Waals surface area (Å²) in [5.41, 5.74) is 0.170. The normalized spacial score (nSPS) is 23.1. The van der Waals surface area contributed by atoms with E-state index in [2.05, 4.69) is 4.98 Å². The molecule has 1 fully saturated rings. The summed E-state index contributed by atoms with van der Waals surface area (Å²) in [6, 6.07) is 3.91. The fourth-order valence-corrected chi connectivity index (χ4v) is 3.13. The molecule has 96 valence electrons. The number of halogens is 1. The van der Waals surface area contributed by atoms with Crippen molar-refractivity contribution in [1.82, 2.24) is 9.88 Å². The second-order valence-electron chi connectivity index (χ2n) is 3.84. The molecular weight excluding hydrogens is 276 g/mol. The van der Waals surface area contributed by atoms with Gasteiger partial charge in [0.2, 0.25) is 0 Å². The van der Waals surface area contributed by atoms with E-state index in [1.54, 1.807) is 19.1 Å². The summed E-state index contributed by atoms with van der Waals surface area (Å²) in [7, 11) is 0. The summed E-state index contributed by atoms with van der Waals surface area (Å²) in [4.78, 5) is 28.6. The predicted octanol–water partition coefficient (Wildman–Crippen LogP) is 1.72. The van der Waals surface area contributed by atoms with E-state index in [1.807, 2.05) is 0 Å². The molecule has 1 saturated heterocycles. The SMILES string of the molecule is CC1SCC(C(=O)O)N1C(=O)c1cccc(Cl)n1. The Bertz CT molecular complexity index is 497. The number of carboxylic acids is 1. The lowest BCUT2D eigenvalue weighted by molar-refractivity contribution is -0.141. The lowest BCUT2D eigenvalue weighted by Crippen LogP contribution is -2.45. The van der Waals surface area contributed by atoms with Crippen LogP contribution in [0.1, 0.15) is 17.4 Å². The fourth-order valence-electron chi connectivity index (χ4n) is 1.80. The third-order valence-corrected chi connectivity index (χ3v) is 4.10. The van der Waals surface area contributed by atoms with Crippen molar-refractivity contribution in [2.24, 2.45) is 0 Å². The Hall–Kier alpha value is -1.27. The van der Waals surface area contributed by atoms with Crippen LogP contribution in [0.3, 0.4) is 0 Å². The van der Waals surface area contributed by atoms with Crippen molar-refractivity contribution in [2.75, 3.05) is 5.75 Å². The van der Waals surface area contributed by atoms with Gasteiger partial charge in [-0.1, -0.05) is 17.7 Å². The third-order valence-electron chi connectivity index (χ3n) is 2.68. The maximum absolute atomic E-state index is 12.3. The molecule has 1 aromatic rings. The first-order valence-corrected chi connectivity index (χ1v) is 6.73. The molecule has 18 heavy (non-hydrogen) atoms. The van der Waals surface area contributed by atoms with E-state index >= 15 is 0 Å². The molecule has 0 saturated carbocycles. The Kier molecular flexibility index (Phi) is 3.77. The average molecular weight is 287 g/mol. The van der Waals surface area contributed by atoms with Crippen LogP contribution in [0, 0.1) is 0 Å². The Morgan fingerprint density at radius 3 is 2.89 bits per heavy atom. The van der Waals surface area contributed by atoms with Gasteiger partial charge >= 0.3 is 5.97 Å². The van der Waals surface area contributed by atoms with Gasteiger partial charge in [0.1, 0.15) is 16.9 Å². The number of carboxylic acid groups (broad SMARTS) is 1. The minimum Gasteiger partial charge on any atom is -0.480 e. The van der Waals surface area contributed by atoms with Crippen molar-refractivity contribution in [2.45, 2.75) is 18.3 Å². The number of nitrogens with zero attached hydrogens (tertiary/aromatic N) is 2. The molecule has 2 unspecified atom stereocenters. The molecule has 1 amide bonds. The Labute approximate surface area is 113 Å². The van der Waals surface area contributed by atoms with Crippen molar-refractivity contribution in [3.63, 3.8) is 0 Å². The first-order chi connectivity index (χ1) is 8.50. The van der Waals surface area contributed by atoms with Gasteiger partial charge in [0, 0.05) is 5.75 Å². The van der Waals surface area contributed by atoms with E-state index in [0.29, 0.717) is 5.75 Å². The number of aromatic nitrogens is 1. The standard InChI is InChI=1S/C11H11ClN2O3S/c1-6-14(8(5-18-6)11(16)17)10(15)7-3-2-4-9(12)13-7/h2-4,6,8H,5H2,1H3,(H,16,17). The summed E-state index contributed by atoms with van der Waals surface area (Å²) in [6.07, 6.45) is 0. The molecule has 1 N–H and O–H groups in total. The molecule has 2 atom stereocenters. The summed E-state index contributed by atoms with van der Waals surface area (Å²) < 4.78 is 0. The molecule has 1 aliphatic rings. The zero-order valence-electron chi connectivity index (χ0n) is 9.54. The van der Waals surface area contributed by atoms with Crippen molar-refractivity contribution in [3.8, 4) is 0 Å². The number of carbonyl (C=O) groups is 2. The van der Waals surface area contributed by atoms with Gasteiger partial charge in [-0.2, -0.15) is 0 Å². The van der Waals surface area contributed by atoms with Crippen LogP contribution in [-0.2, 0) is 4.79 Å². The minimum absolute atomic E-state index is 0.170. The van der Waals surface area contributed by atoms with Gasteiger partial charge in [-0.25, -0.2) is 9.78 Å². The second-order valence-corrected chi connectivity index (χ2v) is 5.58. The van der Waals surface area contributed by atoms with Crippen LogP contribution in [0.25, 0.3) is 0 Å². The summed E-state index contributed by atoms with van der Waals surface area (Å²) >= 11 is 7.16. The molecule has 0 spiro atoms. The first-order valence-electron chi connectivity index (χ1n) is 5.30. The molecule has 0 aliphatic carbocycles. The highest BCUT2D eigenvalue weighted by molar-refractivity contribution is 8.00. The molecule has 2 rings (SSSR count). The molecule has 2 heterocycles. The van der Waals surface area contributed by atoms with Gasteiger partial charge in [0.05, 0.1) is 5.37 Å². The average Bonchev–Trinajstić information content (AvgIpc) is 2.70. The Balaban J connectivity index is 2.29. The summed E-state index contributed by atoms with van der Waals surface area (Å²) in [5.74, 6) is -1.01. The number of rotatable bonds is 2. The number of carbonyl (C=O) groups excluding carboxylic acids is 1. The fraction of sp³-hybridized carbons (Fsp3) is 0.364. The van der Waals surface area contributed by atoms with Gasteiger partial charge in [-0.05, 0) is 19.1 Å². The zero-order chi connectivity index (χ0) is 13.3. The maximum Gasteiger partial charge on any atom is 0.327 e. The third kappa shape index (κ3) is 2.44. The van der Waals surface area contributed by atoms with Crippen molar-refractivity contribution in [1.29, 1.82) is 0 Å². The van der Waals surface area contributed by atoms with Crippen LogP contribution in [0.5, 0.6) is 0 Å². The van der Waals surface area contributed by atoms with Crippen LogP contribution in [0.4, 0.5) is 0 Å². The number of aliphatic carboxylic acids is 1. The van der Waals surface area contributed by atoms with E-state index in [0.717, 1.165) is 0 Å². The van der Waals surface area contributed by atoms with Crippen LogP contribution in [0.2, 0.25) is 5.15 Å². The monoisotopic (exact) mass is 286 g/mol. The summed E-state index contributed by atoms with van der Waals surface area (Å²) in [6.45, 7) is 1.80. The molecule has 0 radical (unpaired) electrons. The van der Waals surface area contributed by atoms with Gasteiger partial charge in [0.15, 0.2) is 0 Å². The lowest BCUT2D eigenvalue weighted by Gasteiger charge is -2.24. The number of pyridine rings is 1.